The van der Waals surface area contributed by atoms with E-state index in [1.165, 1.54) is 6.07 Å². The van der Waals surface area contributed by atoms with Crippen molar-refractivity contribution in [3.63, 3.8) is 0 Å². The van der Waals surface area contributed by atoms with Crippen molar-refractivity contribution in [1.82, 2.24) is 29.7 Å². The molecule has 2 aromatic carbocycles. The van der Waals surface area contributed by atoms with Gasteiger partial charge in [-0.05, 0) is 100 Å². The standard InChI is InChI=1S/C41H43F2N7O2/c1-22(33-11-6-14-48(33)3)52-41-30-19-35(34-12-7-15-49(34)23(2)51)50(39-25-17-32(39)45-20-25)40(30)29-16-24(8-5-13-44)36(37(43)38(29)47-41)27-9-4-10-31-28(27)18-26(42)21-46-31/h4,9-10,16,18-19,21-22,25,32-34,39,45H,5-8,11-12,14-15,17,20H2,1-3H3/t22-,25+,32+,33?,34?,39-/m0/s1. The molecule has 5 aliphatic rings. The summed E-state index contributed by atoms with van der Waals surface area (Å²) in [7, 11) is 2.11. The van der Waals surface area contributed by atoms with Crippen LogP contribution in [-0.2, 0) is 11.2 Å². The number of pyridine rings is 2. The molecule has 7 heterocycles. The van der Waals surface area contributed by atoms with Crippen LogP contribution in [0.3, 0.4) is 0 Å². The number of aromatic nitrogens is 3. The zero-order valence-electron chi connectivity index (χ0n) is 29.8. The molecule has 4 saturated heterocycles. The number of rotatable bonds is 8. The summed E-state index contributed by atoms with van der Waals surface area (Å²) < 4.78 is 41.7. The highest BCUT2D eigenvalue weighted by atomic mass is 19.1. The number of halogens is 2. The summed E-state index contributed by atoms with van der Waals surface area (Å²) in [5, 5.41) is 15.4. The third-order valence-electron chi connectivity index (χ3n) is 12.4. The first-order chi connectivity index (χ1) is 25.2. The average Bonchev–Trinajstić information content (AvgIpc) is 3.97. The van der Waals surface area contributed by atoms with Crippen LogP contribution in [0.15, 0.2) is 42.6 Å². The summed E-state index contributed by atoms with van der Waals surface area (Å²) in [6.45, 7) is 6.30. The van der Waals surface area contributed by atoms with E-state index in [1.807, 2.05) is 11.0 Å². The fourth-order valence-corrected chi connectivity index (χ4v) is 9.89. The largest absolute Gasteiger partial charge is 0.472 e. The van der Waals surface area contributed by atoms with E-state index in [0.717, 1.165) is 68.0 Å². The number of fused-ring (bicyclic) bond motifs is 5. The van der Waals surface area contributed by atoms with Gasteiger partial charge in [-0.2, -0.15) is 5.26 Å². The summed E-state index contributed by atoms with van der Waals surface area (Å²) >= 11 is 0. The average molecular weight is 704 g/mol. The van der Waals surface area contributed by atoms with Crippen LogP contribution in [0.2, 0.25) is 0 Å². The lowest BCUT2D eigenvalue weighted by Crippen LogP contribution is -2.40. The Kier molecular flexibility index (Phi) is 8.16. The summed E-state index contributed by atoms with van der Waals surface area (Å²) in [6, 6.07) is 13.6. The minimum atomic E-state index is -0.533. The Labute approximate surface area is 301 Å². The van der Waals surface area contributed by atoms with Gasteiger partial charge in [0.25, 0.3) is 0 Å². The third kappa shape index (κ3) is 5.17. The van der Waals surface area contributed by atoms with E-state index in [2.05, 4.69) is 45.9 Å². The van der Waals surface area contributed by atoms with Gasteiger partial charge in [-0.25, -0.2) is 13.8 Å². The zero-order chi connectivity index (χ0) is 35.8. The Morgan fingerprint density at radius 2 is 1.98 bits per heavy atom. The fraction of sp³-hybridized carbons (Fsp3) is 0.463. The van der Waals surface area contributed by atoms with E-state index in [9.17, 15) is 14.4 Å². The number of amides is 1. The van der Waals surface area contributed by atoms with Crippen LogP contribution in [0, 0.1) is 28.9 Å². The molecule has 11 heteroatoms. The minimum Gasteiger partial charge on any atom is -0.472 e. The number of hydrogen-bond donors (Lipinski definition) is 1. The molecule has 2 unspecified atom stereocenters. The van der Waals surface area contributed by atoms with E-state index < -0.39 is 11.6 Å². The maximum atomic E-state index is 17.8. The van der Waals surface area contributed by atoms with E-state index in [-0.39, 0.29) is 48.1 Å². The Morgan fingerprint density at radius 1 is 1.13 bits per heavy atom. The van der Waals surface area contributed by atoms with Crippen molar-refractivity contribution in [2.45, 2.75) is 89.1 Å². The first-order valence-electron chi connectivity index (χ1n) is 18.7. The SMILES string of the molecule is CC(=O)N1CCCC1c1cc2c(O[C@@H](C)C3CCCN3C)nc3c(F)c(-c4cccc5ncc(F)cc45)c(CCC#N)cc3c2n1[C@H]1[C@H]2CN[C@@H]1C2. The normalized spacial score (nSPS) is 24.9. The van der Waals surface area contributed by atoms with Gasteiger partial charge < -0.3 is 19.5 Å². The van der Waals surface area contributed by atoms with Crippen LogP contribution in [0.4, 0.5) is 8.78 Å². The molecule has 5 aromatic rings. The van der Waals surface area contributed by atoms with E-state index >= 15 is 4.39 Å². The summed E-state index contributed by atoms with van der Waals surface area (Å²) in [6.07, 6.45) is 6.33. The second kappa shape index (κ2) is 12.8. The first-order valence-corrected chi connectivity index (χ1v) is 18.7. The van der Waals surface area contributed by atoms with Crippen LogP contribution >= 0.6 is 0 Å². The van der Waals surface area contributed by atoms with Gasteiger partial charge in [0.2, 0.25) is 11.8 Å². The highest BCUT2D eigenvalue weighted by Gasteiger charge is 2.50. The number of carbonyl (C=O) groups excluding carboxylic acids is 1. The van der Waals surface area contributed by atoms with Crippen molar-refractivity contribution >= 4 is 38.6 Å². The van der Waals surface area contributed by atoms with E-state index in [0.29, 0.717) is 57.7 Å². The fourth-order valence-electron chi connectivity index (χ4n) is 9.89. The maximum absolute atomic E-state index is 17.8. The maximum Gasteiger partial charge on any atom is 0.223 e. The minimum absolute atomic E-state index is 0.0434. The lowest BCUT2D eigenvalue weighted by atomic mass is 9.79. The Hall–Kier alpha value is -4.66. The van der Waals surface area contributed by atoms with Crippen LogP contribution in [-0.4, -0.2) is 75.1 Å². The molecule has 5 fully saturated rings. The summed E-state index contributed by atoms with van der Waals surface area (Å²) in [5.74, 6) is -0.216. The van der Waals surface area contributed by atoms with Gasteiger partial charge in [-0.1, -0.05) is 12.1 Å². The van der Waals surface area contributed by atoms with Crippen LogP contribution in [0.5, 0.6) is 5.88 Å². The topological polar surface area (TPSA) is 99.3 Å². The molecular formula is C41H43F2N7O2. The zero-order valence-corrected chi connectivity index (χ0v) is 29.8. The quantitative estimate of drug-likeness (QED) is 0.182. The molecule has 268 valence electrons. The molecule has 10 rings (SSSR count). The molecule has 1 aliphatic carbocycles. The predicted octanol–water partition coefficient (Wildman–Crippen LogP) is 7.22. The number of nitrogens with zero attached hydrogens (tertiary/aromatic N) is 6. The van der Waals surface area contributed by atoms with Gasteiger partial charge in [0.15, 0.2) is 5.82 Å². The number of likely N-dealkylation sites (tertiary alicyclic amines) is 2. The Balaban J connectivity index is 1.36. The molecule has 1 N–H and O–H groups in total. The van der Waals surface area contributed by atoms with Crippen molar-refractivity contribution < 1.29 is 18.3 Å². The van der Waals surface area contributed by atoms with E-state index in [1.54, 1.807) is 25.1 Å². The number of likely N-dealkylation sites (N-methyl/N-ethyl adjacent to an activating group) is 1. The Bertz CT molecular complexity index is 2290. The smallest absolute Gasteiger partial charge is 0.223 e. The van der Waals surface area contributed by atoms with Gasteiger partial charge in [0.1, 0.15) is 17.4 Å². The second-order valence-corrected chi connectivity index (χ2v) is 15.3. The lowest BCUT2D eigenvalue weighted by molar-refractivity contribution is -0.129. The van der Waals surface area contributed by atoms with Crippen molar-refractivity contribution in [1.29, 1.82) is 5.26 Å². The second-order valence-electron chi connectivity index (χ2n) is 15.3. The first kappa shape index (κ1) is 33.2. The molecule has 0 spiro atoms. The predicted molar refractivity (Wildman–Crippen MR) is 196 cm³/mol. The molecule has 2 bridgehead atoms. The molecule has 4 aliphatic heterocycles. The lowest BCUT2D eigenvalue weighted by Gasteiger charge is -2.39. The van der Waals surface area contributed by atoms with Crippen molar-refractivity contribution in [2.24, 2.45) is 5.92 Å². The van der Waals surface area contributed by atoms with Gasteiger partial charge in [-0.3, -0.25) is 14.7 Å². The molecule has 6 atom stereocenters. The number of aryl methyl sites for hydroxylation is 1. The van der Waals surface area contributed by atoms with Gasteiger partial charge in [-0.15, -0.1) is 0 Å². The molecule has 1 amide bonds. The summed E-state index contributed by atoms with van der Waals surface area (Å²) in [4.78, 5) is 26.6. The van der Waals surface area contributed by atoms with Gasteiger partial charge in [0.05, 0.1) is 40.8 Å². The van der Waals surface area contributed by atoms with Crippen molar-refractivity contribution in [3.8, 4) is 23.1 Å². The van der Waals surface area contributed by atoms with Gasteiger partial charge in [0, 0.05) is 60.5 Å². The van der Waals surface area contributed by atoms with Crippen LogP contribution in [0.25, 0.3) is 43.8 Å². The number of nitrogens with one attached hydrogen (secondary N) is 1. The molecule has 9 nitrogen and oxygen atoms in total. The van der Waals surface area contributed by atoms with Crippen molar-refractivity contribution in [2.75, 3.05) is 26.7 Å². The van der Waals surface area contributed by atoms with Gasteiger partial charge >= 0.3 is 0 Å². The highest BCUT2D eigenvalue weighted by Crippen LogP contribution is 2.51. The van der Waals surface area contributed by atoms with Crippen molar-refractivity contribution in [3.05, 3.63) is 65.5 Å². The molecular weight excluding hydrogens is 660 g/mol. The third-order valence-corrected chi connectivity index (χ3v) is 12.4. The van der Waals surface area contributed by atoms with E-state index in [4.69, 9.17) is 9.72 Å². The van der Waals surface area contributed by atoms with Crippen LogP contribution < -0.4 is 10.1 Å². The summed E-state index contributed by atoms with van der Waals surface area (Å²) in [5.41, 5.74) is 4.06. The monoisotopic (exact) mass is 703 g/mol. The number of hydrogen-bond acceptors (Lipinski definition) is 7. The Morgan fingerprint density at radius 3 is 2.71 bits per heavy atom. The molecule has 1 saturated carbocycles. The molecule has 0 radical (unpaired) electrons. The highest BCUT2D eigenvalue weighted by molar-refractivity contribution is 6.09. The molecule has 52 heavy (non-hydrogen) atoms. The van der Waals surface area contributed by atoms with Crippen LogP contribution in [0.1, 0.15) is 75.7 Å². The number of carbonyl (C=O) groups is 1. The number of benzene rings is 2. The molecule has 3 aromatic heterocycles. The number of ether oxygens (including phenoxy) is 1. The number of nitriles is 1.